The molecule has 1 atom stereocenters. The molecule has 0 fully saturated rings. The Morgan fingerprint density at radius 3 is 2.62 bits per heavy atom. The van der Waals surface area contributed by atoms with Crippen molar-refractivity contribution in [2.75, 3.05) is 18.0 Å². The molecule has 29 heavy (non-hydrogen) atoms. The van der Waals surface area contributed by atoms with Crippen molar-refractivity contribution in [3.63, 3.8) is 0 Å². The molecule has 8 heteroatoms. The average Bonchev–Trinajstić information content (AvgIpc) is 2.71. The van der Waals surface area contributed by atoms with Gasteiger partial charge in [0.15, 0.2) is 18.9 Å². The molecule has 0 saturated carbocycles. The molecular formula is C21H27N5O3. The van der Waals surface area contributed by atoms with Crippen molar-refractivity contribution >= 4 is 36.1 Å². The Hall–Kier alpha value is -3.39. The third-order valence-corrected chi connectivity index (χ3v) is 4.46. The first-order valence-corrected chi connectivity index (χ1v) is 9.39. The quantitative estimate of drug-likeness (QED) is 0.185. The molecule has 2 aromatic rings. The monoisotopic (exact) mass is 397 g/mol. The molecule has 154 valence electrons. The van der Waals surface area contributed by atoms with Gasteiger partial charge >= 0.3 is 0 Å². The van der Waals surface area contributed by atoms with E-state index in [2.05, 4.69) is 11.9 Å². The number of aldehydes is 1. The van der Waals surface area contributed by atoms with Crippen LogP contribution >= 0.6 is 0 Å². The Labute approximate surface area is 170 Å². The molecular weight excluding hydrogens is 370 g/mol. The van der Waals surface area contributed by atoms with E-state index >= 15 is 0 Å². The lowest BCUT2D eigenvalue weighted by atomic mass is 10.1. The predicted octanol–water partition coefficient (Wildman–Crippen LogP) is 3.49. The second-order valence-electron chi connectivity index (χ2n) is 6.46. The summed E-state index contributed by atoms with van der Waals surface area (Å²) in [5.74, 6) is 0.306. The number of carbonyl (C=O) groups is 1. The van der Waals surface area contributed by atoms with Crippen LogP contribution in [0.5, 0.6) is 5.75 Å². The molecule has 0 spiro atoms. The summed E-state index contributed by atoms with van der Waals surface area (Å²) in [6.07, 6.45) is 5.79. The number of aliphatic hydroxyl groups is 1. The Kier molecular flexibility index (Phi) is 8.17. The third-order valence-electron chi connectivity index (χ3n) is 4.46. The molecule has 6 N–H and O–H groups in total. The predicted molar refractivity (Wildman–Crippen MR) is 116 cm³/mol. The van der Waals surface area contributed by atoms with Gasteiger partial charge in [-0.25, -0.2) is 4.99 Å². The number of nitrogens with zero attached hydrogens (tertiary/aromatic N) is 2. The van der Waals surface area contributed by atoms with Crippen LogP contribution in [0.2, 0.25) is 0 Å². The maximum atomic E-state index is 10.5. The molecule has 3 rings (SSSR count). The number of nitrogen functional groups attached to an aromatic ring is 2. The van der Waals surface area contributed by atoms with E-state index in [0.717, 1.165) is 37.0 Å². The van der Waals surface area contributed by atoms with E-state index in [1.54, 1.807) is 30.6 Å². The Balaban J connectivity index is 0.000000221. The smallest absolute Gasteiger partial charge is 0.173 e. The van der Waals surface area contributed by atoms with Crippen LogP contribution in [0.1, 0.15) is 48.3 Å². The number of rotatable bonds is 7. The fourth-order valence-corrected chi connectivity index (χ4v) is 2.91. The van der Waals surface area contributed by atoms with Gasteiger partial charge in [-0.1, -0.05) is 31.9 Å². The van der Waals surface area contributed by atoms with Crippen LogP contribution in [0, 0.1) is 5.41 Å². The van der Waals surface area contributed by atoms with Crippen LogP contribution in [-0.2, 0) is 0 Å². The zero-order valence-electron chi connectivity index (χ0n) is 16.4. The number of aliphatic hydroxyl groups excluding tert-OH is 1. The number of ether oxygens (including phenoxy) is 1. The average molecular weight is 397 g/mol. The summed E-state index contributed by atoms with van der Waals surface area (Å²) < 4.78 is 4.74. The molecule has 0 aromatic heterocycles. The molecule has 0 bridgehead atoms. The minimum atomic E-state index is -0.666. The van der Waals surface area contributed by atoms with Crippen LogP contribution in [0.25, 0.3) is 0 Å². The Bertz CT molecular complexity index is 869. The lowest BCUT2D eigenvalue weighted by molar-refractivity contribution is 0.0540. The number of hydrogen-bond donors (Lipinski definition) is 4. The number of benzene rings is 2. The molecule has 0 saturated heterocycles. The van der Waals surface area contributed by atoms with E-state index in [-0.39, 0.29) is 5.56 Å². The summed E-state index contributed by atoms with van der Waals surface area (Å²) in [5.41, 5.74) is 14.1. The van der Waals surface area contributed by atoms with Gasteiger partial charge in [0, 0.05) is 23.5 Å². The first-order valence-electron chi connectivity index (χ1n) is 9.39. The zero-order chi connectivity index (χ0) is 21.2. The molecule has 1 aliphatic rings. The normalized spacial score (nSPS) is 14.4. The van der Waals surface area contributed by atoms with Crippen LogP contribution in [0.3, 0.4) is 0 Å². The lowest BCUT2D eigenvalue weighted by Gasteiger charge is -2.30. The first kappa shape index (κ1) is 21.9. The van der Waals surface area contributed by atoms with Gasteiger partial charge in [0.2, 0.25) is 0 Å². The largest absolute Gasteiger partial charge is 0.446 e. The standard InChI is InChI=1S/C13H19N3O.C8H8N2O2/c1-2-3-4-8-16-9-15-11-7-5-6-10(14)12(11)13(16)17;9-5-12-8-3-1-2-7(10)6(8)4-11/h5-7,9,13,17H,2-4,8,14H2,1H3;1-5,9H,10H2. The van der Waals surface area contributed by atoms with Crippen molar-refractivity contribution in [2.45, 2.75) is 32.4 Å². The van der Waals surface area contributed by atoms with Gasteiger partial charge in [0.05, 0.1) is 17.6 Å². The summed E-state index contributed by atoms with van der Waals surface area (Å²) in [4.78, 5) is 16.7. The number of anilines is 2. The third kappa shape index (κ3) is 5.55. The molecule has 0 aliphatic carbocycles. The highest BCUT2D eigenvalue weighted by Crippen LogP contribution is 2.35. The minimum Gasteiger partial charge on any atom is -0.446 e. The summed E-state index contributed by atoms with van der Waals surface area (Å²) in [7, 11) is 0. The SMILES string of the molecule is CCCCCN1C=Nc2cccc(N)c2C1O.N=COc1cccc(N)c1C=O. The van der Waals surface area contributed by atoms with Gasteiger partial charge in [-0.05, 0) is 30.7 Å². The molecule has 0 amide bonds. The van der Waals surface area contributed by atoms with Crippen LogP contribution in [0.4, 0.5) is 17.1 Å². The van der Waals surface area contributed by atoms with Crippen molar-refractivity contribution in [1.82, 2.24) is 4.90 Å². The van der Waals surface area contributed by atoms with Crippen molar-refractivity contribution in [3.8, 4) is 5.75 Å². The van der Waals surface area contributed by atoms with Crippen LogP contribution in [-0.4, -0.2) is 35.6 Å². The van der Waals surface area contributed by atoms with E-state index in [1.807, 2.05) is 17.0 Å². The van der Waals surface area contributed by atoms with Gasteiger partial charge in [-0.2, -0.15) is 0 Å². The number of nitrogens with one attached hydrogen (secondary N) is 1. The van der Waals surface area contributed by atoms with E-state index in [0.29, 0.717) is 23.4 Å². The summed E-state index contributed by atoms with van der Waals surface area (Å²) in [6, 6.07) is 10.3. The van der Waals surface area contributed by atoms with Gasteiger partial charge in [-0.15, -0.1) is 0 Å². The highest BCUT2D eigenvalue weighted by molar-refractivity contribution is 5.87. The topological polar surface area (TPSA) is 138 Å². The molecule has 8 nitrogen and oxygen atoms in total. The number of fused-ring (bicyclic) bond motifs is 1. The summed E-state index contributed by atoms with van der Waals surface area (Å²) >= 11 is 0. The minimum absolute atomic E-state index is 0.279. The molecule has 1 aliphatic heterocycles. The highest BCUT2D eigenvalue weighted by atomic mass is 16.5. The lowest BCUT2D eigenvalue weighted by Crippen LogP contribution is -2.31. The van der Waals surface area contributed by atoms with Crippen LogP contribution < -0.4 is 16.2 Å². The number of nitrogens with two attached hydrogens (primary N) is 2. The second kappa shape index (κ2) is 10.8. The van der Waals surface area contributed by atoms with E-state index in [9.17, 15) is 9.90 Å². The van der Waals surface area contributed by atoms with Crippen LogP contribution in [0.15, 0.2) is 41.4 Å². The Morgan fingerprint density at radius 2 is 1.93 bits per heavy atom. The summed E-state index contributed by atoms with van der Waals surface area (Å²) in [5, 5.41) is 16.9. The molecule has 1 heterocycles. The zero-order valence-corrected chi connectivity index (χ0v) is 16.4. The summed E-state index contributed by atoms with van der Waals surface area (Å²) in [6.45, 7) is 2.97. The number of carbonyl (C=O) groups excluding carboxylic acids is 1. The second-order valence-corrected chi connectivity index (χ2v) is 6.46. The first-order chi connectivity index (χ1) is 14.0. The van der Waals surface area contributed by atoms with E-state index < -0.39 is 6.23 Å². The fourth-order valence-electron chi connectivity index (χ4n) is 2.91. The van der Waals surface area contributed by atoms with Crippen molar-refractivity contribution in [2.24, 2.45) is 4.99 Å². The van der Waals surface area contributed by atoms with Gasteiger partial charge in [-0.3, -0.25) is 10.2 Å². The highest BCUT2D eigenvalue weighted by Gasteiger charge is 2.23. The molecule has 2 aromatic carbocycles. The molecule has 0 radical (unpaired) electrons. The maximum Gasteiger partial charge on any atom is 0.173 e. The van der Waals surface area contributed by atoms with E-state index in [4.69, 9.17) is 21.6 Å². The number of aliphatic imine (C=N–C) groups is 1. The van der Waals surface area contributed by atoms with Crippen molar-refractivity contribution in [3.05, 3.63) is 47.5 Å². The van der Waals surface area contributed by atoms with Gasteiger partial charge in [0.25, 0.3) is 0 Å². The molecule has 1 unspecified atom stereocenters. The number of unbranched alkanes of at least 4 members (excludes halogenated alkanes) is 2. The number of hydrogen-bond acceptors (Lipinski definition) is 8. The maximum absolute atomic E-state index is 10.5. The Morgan fingerprint density at radius 1 is 1.21 bits per heavy atom. The van der Waals surface area contributed by atoms with Crippen molar-refractivity contribution in [1.29, 1.82) is 5.41 Å². The van der Waals surface area contributed by atoms with Crippen molar-refractivity contribution < 1.29 is 14.6 Å². The van der Waals surface area contributed by atoms with E-state index in [1.165, 1.54) is 6.42 Å². The van der Waals surface area contributed by atoms with Gasteiger partial charge < -0.3 is 26.2 Å². The fraction of sp³-hybridized carbons (Fsp3) is 0.286. The van der Waals surface area contributed by atoms with Gasteiger partial charge in [0.1, 0.15) is 5.75 Å².